The summed E-state index contributed by atoms with van der Waals surface area (Å²) in [7, 11) is 0. The molecular weight excluding hydrogens is 495 g/mol. The molecule has 0 saturated heterocycles. The molecular formula is C31H25N2O4P. The van der Waals surface area contributed by atoms with Crippen LogP contribution in [0.5, 0.6) is 0 Å². The van der Waals surface area contributed by atoms with E-state index in [1.807, 2.05) is 91.0 Å². The molecule has 0 heterocycles. The van der Waals surface area contributed by atoms with Gasteiger partial charge >= 0.3 is 5.97 Å². The van der Waals surface area contributed by atoms with Gasteiger partial charge in [-0.2, -0.15) is 5.11 Å². The molecule has 1 aliphatic rings. The smallest absolute Gasteiger partial charge is 0.359 e. The lowest BCUT2D eigenvalue weighted by Gasteiger charge is -2.29. The highest BCUT2D eigenvalue weighted by atomic mass is 31.2. The summed E-state index contributed by atoms with van der Waals surface area (Å²) in [5.74, 6) is -1.50. The molecule has 7 heteroatoms. The number of benzene rings is 4. The van der Waals surface area contributed by atoms with Crippen LogP contribution in [-0.2, 0) is 9.53 Å². The number of azo groups is 1. The highest BCUT2D eigenvalue weighted by molar-refractivity contribution is 7.96. The van der Waals surface area contributed by atoms with E-state index in [0.29, 0.717) is 11.1 Å². The van der Waals surface area contributed by atoms with Gasteiger partial charge in [0.1, 0.15) is 0 Å². The monoisotopic (exact) mass is 520 g/mol. The molecule has 6 nitrogen and oxygen atoms in total. The third-order valence-corrected chi connectivity index (χ3v) is 10.6. The average Bonchev–Trinajstić information content (AvgIpc) is 3.21. The predicted molar refractivity (Wildman–Crippen MR) is 151 cm³/mol. The molecule has 0 unspecified atom stereocenters. The minimum absolute atomic E-state index is 0.0690. The van der Waals surface area contributed by atoms with Crippen molar-refractivity contribution in [3.05, 3.63) is 126 Å². The zero-order valence-corrected chi connectivity index (χ0v) is 21.6. The van der Waals surface area contributed by atoms with Gasteiger partial charge in [0.15, 0.2) is 23.0 Å². The number of esters is 1. The summed E-state index contributed by atoms with van der Waals surface area (Å²) in [5, 5.41) is 11.3. The number of hydrogen-bond donors (Lipinski definition) is 0. The van der Waals surface area contributed by atoms with E-state index in [0.717, 1.165) is 15.9 Å². The first-order valence-corrected chi connectivity index (χ1v) is 14.1. The fraction of sp³-hybridized carbons (Fsp3) is 0.0968. The maximum absolute atomic E-state index is 13.7. The molecule has 0 atom stereocenters. The lowest BCUT2D eigenvalue weighted by atomic mass is 10.1. The van der Waals surface area contributed by atoms with Crippen LogP contribution in [0.1, 0.15) is 27.6 Å². The minimum Gasteiger partial charge on any atom is -0.461 e. The van der Waals surface area contributed by atoms with Crippen molar-refractivity contribution in [2.45, 2.75) is 13.0 Å². The number of fused-ring (bicyclic) bond motifs is 1. The SMILES string of the molecule is CCOC(=O)C(N=NC1C(=O)c2ccccc2C1=O)=P(c1ccccc1)(c1ccccc1)c1ccccc1. The Morgan fingerprint density at radius 3 is 1.47 bits per heavy atom. The summed E-state index contributed by atoms with van der Waals surface area (Å²) < 4.78 is 5.53. The number of ether oxygens (including phenoxy) is 1. The van der Waals surface area contributed by atoms with Crippen LogP contribution in [0.3, 0.4) is 0 Å². The Kier molecular flexibility index (Phi) is 7.25. The Morgan fingerprint density at radius 1 is 0.684 bits per heavy atom. The summed E-state index contributed by atoms with van der Waals surface area (Å²) in [6, 6.07) is 34.3. The molecule has 0 radical (unpaired) electrons. The molecule has 5 rings (SSSR count). The van der Waals surface area contributed by atoms with Gasteiger partial charge in [-0.15, -0.1) is 5.11 Å². The van der Waals surface area contributed by atoms with Crippen molar-refractivity contribution in [1.29, 1.82) is 0 Å². The van der Waals surface area contributed by atoms with Crippen molar-refractivity contribution < 1.29 is 19.1 Å². The normalized spacial score (nSPS) is 13.5. The summed E-state index contributed by atoms with van der Waals surface area (Å²) >= 11 is 0. The molecule has 0 N–H and O–H groups in total. The Hall–Kier alpha value is -4.41. The van der Waals surface area contributed by atoms with Gasteiger partial charge < -0.3 is 4.74 Å². The first-order chi connectivity index (χ1) is 18.6. The topological polar surface area (TPSA) is 85.2 Å². The summed E-state index contributed by atoms with van der Waals surface area (Å²) in [4.78, 5) is 39.9. The van der Waals surface area contributed by atoms with Crippen molar-refractivity contribution in [1.82, 2.24) is 0 Å². The Labute approximate surface area is 221 Å². The number of ketones is 2. The van der Waals surface area contributed by atoms with Crippen LogP contribution in [-0.4, -0.2) is 35.6 Å². The van der Waals surface area contributed by atoms with E-state index in [2.05, 4.69) is 10.2 Å². The molecule has 0 saturated carbocycles. The highest BCUT2D eigenvalue weighted by Gasteiger charge is 2.40. The molecule has 1 aliphatic carbocycles. The number of hydrogen-bond acceptors (Lipinski definition) is 5. The summed E-state index contributed by atoms with van der Waals surface area (Å²) in [6.45, 7) is -1.11. The zero-order chi connectivity index (χ0) is 26.5. The molecule has 0 fully saturated rings. The van der Waals surface area contributed by atoms with E-state index in [-0.39, 0.29) is 12.0 Å². The lowest BCUT2D eigenvalue weighted by molar-refractivity contribution is -0.134. The number of nitrogens with zero attached hydrogens (tertiary/aromatic N) is 2. The molecule has 188 valence electrons. The van der Waals surface area contributed by atoms with Gasteiger partial charge in [0.25, 0.3) is 0 Å². The van der Waals surface area contributed by atoms with Gasteiger partial charge in [-0.3, -0.25) is 9.59 Å². The second kappa shape index (κ2) is 10.9. The van der Waals surface area contributed by atoms with Gasteiger partial charge in [0.2, 0.25) is 0 Å². The first kappa shape index (κ1) is 25.2. The van der Waals surface area contributed by atoms with E-state index in [1.165, 1.54) is 0 Å². The minimum atomic E-state index is -2.96. The van der Waals surface area contributed by atoms with E-state index < -0.39 is 30.5 Å². The van der Waals surface area contributed by atoms with Crippen molar-refractivity contribution in [2.24, 2.45) is 10.2 Å². The first-order valence-electron chi connectivity index (χ1n) is 12.3. The molecule has 0 aromatic heterocycles. The van der Waals surface area contributed by atoms with Gasteiger partial charge in [-0.05, 0) is 22.8 Å². The van der Waals surface area contributed by atoms with Crippen molar-refractivity contribution in [3.63, 3.8) is 0 Å². The van der Waals surface area contributed by atoms with E-state index in [4.69, 9.17) is 4.74 Å². The fourth-order valence-corrected chi connectivity index (χ4v) is 8.76. The number of Topliss-reactive ketones (excluding diaryl/α,β-unsaturated/α-hetero) is 2. The van der Waals surface area contributed by atoms with Gasteiger partial charge in [-0.25, -0.2) is 4.79 Å². The van der Waals surface area contributed by atoms with E-state index in [9.17, 15) is 14.4 Å². The molecule has 0 spiro atoms. The third-order valence-electron chi connectivity index (χ3n) is 6.43. The molecule has 0 bridgehead atoms. The standard InChI is InChI=1S/C31H25N2O4P/c1-2-37-31(36)30(33-32-27-28(34)25-20-12-13-21-26(25)29(27)35)38(22-14-6-3-7-15-22,23-16-8-4-9-17-23)24-18-10-5-11-19-24/h3-21,27H,2H2,1H3. The van der Waals surface area contributed by atoms with Crippen LogP contribution in [0.2, 0.25) is 0 Å². The van der Waals surface area contributed by atoms with Crippen LogP contribution in [0, 0.1) is 0 Å². The van der Waals surface area contributed by atoms with Crippen LogP contribution in [0.4, 0.5) is 0 Å². The van der Waals surface area contributed by atoms with Crippen molar-refractivity contribution >= 4 is 45.8 Å². The molecule has 4 aromatic rings. The van der Waals surface area contributed by atoms with Gasteiger partial charge in [0, 0.05) is 18.0 Å². The third kappa shape index (κ3) is 4.33. The van der Waals surface area contributed by atoms with E-state index >= 15 is 0 Å². The highest BCUT2D eigenvalue weighted by Crippen LogP contribution is 2.47. The summed E-state index contributed by atoms with van der Waals surface area (Å²) in [5.41, 5.74) is 0.697. The Balaban J connectivity index is 1.85. The van der Waals surface area contributed by atoms with E-state index in [1.54, 1.807) is 31.2 Å². The lowest BCUT2D eigenvalue weighted by Crippen LogP contribution is -2.33. The quantitative estimate of drug-likeness (QED) is 0.155. The fourth-order valence-electron chi connectivity index (χ4n) is 4.75. The van der Waals surface area contributed by atoms with Crippen molar-refractivity contribution in [2.75, 3.05) is 6.61 Å². The number of carbonyl (C=O) groups is 3. The molecule has 0 aliphatic heterocycles. The second-order valence-electron chi connectivity index (χ2n) is 8.61. The summed E-state index contributed by atoms with van der Waals surface area (Å²) in [6.07, 6.45) is 0. The van der Waals surface area contributed by atoms with Gasteiger partial charge in [0.05, 0.1) is 6.61 Å². The van der Waals surface area contributed by atoms with Crippen LogP contribution in [0.25, 0.3) is 0 Å². The second-order valence-corrected chi connectivity index (χ2v) is 11.9. The average molecular weight is 521 g/mol. The number of carbonyl (C=O) groups excluding carboxylic acids is 3. The maximum atomic E-state index is 13.7. The van der Waals surface area contributed by atoms with Crippen LogP contribution in [0.15, 0.2) is 125 Å². The zero-order valence-electron chi connectivity index (χ0n) is 20.7. The predicted octanol–water partition coefficient (Wildman–Crippen LogP) is 4.57. The van der Waals surface area contributed by atoms with Crippen LogP contribution >= 0.6 is 6.89 Å². The van der Waals surface area contributed by atoms with Gasteiger partial charge in [-0.1, -0.05) is 115 Å². The largest absolute Gasteiger partial charge is 0.461 e. The Bertz CT molecular complexity index is 1440. The molecule has 0 amide bonds. The maximum Gasteiger partial charge on any atom is 0.359 e. The number of rotatable bonds is 7. The van der Waals surface area contributed by atoms with Crippen LogP contribution < -0.4 is 15.9 Å². The Morgan fingerprint density at radius 2 is 1.08 bits per heavy atom. The molecule has 38 heavy (non-hydrogen) atoms. The van der Waals surface area contributed by atoms with Crippen molar-refractivity contribution in [3.8, 4) is 0 Å². The molecule has 4 aromatic carbocycles.